The lowest BCUT2D eigenvalue weighted by molar-refractivity contribution is 0.808. The van der Waals surface area contributed by atoms with E-state index in [1.54, 1.807) is 18.4 Å². The van der Waals surface area contributed by atoms with Crippen LogP contribution in [0.3, 0.4) is 0 Å². The maximum atomic E-state index is 4.18. The largest absolute Gasteiger partial charge is 0.352 e. The van der Waals surface area contributed by atoms with Gasteiger partial charge in [-0.25, -0.2) is 0 Å². The Labute approximate surface area is 133 Å². The molecule has 2 rings (SSSR count). The molecule has 0 aliphatic heterocycles. The molecule has 0 aliphatic carbocycles. The number of aryl methyl sites for hydroxylation is 1. The summed E-state index contributed by atoms with van der Waals surface area (Å²) in [7, 11) is 1.77. The Bertz CT molecular complexity index is 506. The van der Waals surface area contributed by atoms with Crippen LogP contribution in [0.5, 0.6) is 0 Å². The molecule has 0 amide bonds. The zero-order valence-corrected chi connectivity index (χ0v) is 14.1. The fourth-order valence-electron chi connectivity index (χ4n) is 1.53. The van der Waals surface area contributed by atoms with Gasteiger partial charge in [-0.1, -0.05) is 0 Å². The highest BCUT2D eigenvalue weighted by atomic mass is 127. The number of halogens is 1. The average Bonchev–Trinajstić information content (AvgIpc) is 3.01. The van der Waals surface area contributed by atoms with E-state index in [1.807, 2.05) is 13.1 Å². The van der Waals surface area contributed by atoms with Crippen LogP contribution in [-0.4, -0.2) is 23.2 Å². The number of guanidine groups is 1. The lowest BCUT2D eigenvalue weighted by atomic mass is 10.3. The molecule has 5 nitrogen and oxygen atoms in total. The number of thiophene rings is 1. The van der Waals surface area contributed by atoms with Crippen molar-refractivity contribution in [3.63, 3.8) is 0 Å². The highest BCUT2D eigenvalue weighted by molar-refractivity contribution is 14.0. The molecule has 0 saturated heterocycles. The van der Waals surface area contributed by atoms with Crippen LogP contribution in [0.2, 0.25) is 0 Å². The molecular weight excluding hydrogens is 373 g/mol. The number of H-pyrrole nitrogens is 1. The zero-order valence-electron chi connectivity index (χ0n) is 10.9. The molecular formula is C12H18IN5S. The zero-order chi connectivity index (χ0) is 12.8. The van der Waals surface area contributed by atoms with E-state index >= 15 is 0 Å². The number of rotatable bonds is 4. The first kappa shape index (κ1) is 16.0. The van der Waals surface area contributed by atoms with Gasteiger partial charge >= 0.3 is 0 Å². The maximum Gasteiger partial charge on any atom is 0.191 e. The molecule has 0 fully saturated rings. The van der Waals surface area contributed by atoms with Gasteiger partial charge in [0.05, 0.1) is 6.20 Å². The van der Waals surface area contributed by atoms with Gasteiger partial charge in [0.15, 0.2) is 5.96 Å². The molecule has 0 bridgehead atoms. The van der Waals surface area contributed by atoms with Gasteiger partial charge in [0.25, 0.3) is 0 Å². The number of hydrogen-bond donors (Lipinski definition) is 3. The highest BCUT2D eigenvalue weighted by Gasteiger charge is 2.02. The van der Waals surface area contributed by atoms with Gasteiger partial charge in [-0.3, -0.25) is 10.1 Å². The second kappa shape index (κ2) is 8.16. The van der Waals surface area contributed by atoms with Gasteiger partial charge in [-0.05, 0) is 29.3 Å². The topological polar surface area (TPSA) is 65.1 Å². The second-order valence-electron chi connectivity index (χ2n) is 3.93. The molecule has 2 aromatic rings. The van der Waals surface area contributed by atoms with Crippen LogP contribution in [0.4, 0.5) is 0 Å². The van der Waals surface area contributed by atoms with Crippen molar-refractivity contribution in [1.82, 2.24) is 20.8 Å². The molecule has 0 atom stereocenters. The van der Waals surface area contributed by atoms with Crippen molar-refractivity contribution in [1.29, 1.82) is 0 Å². The van der Waals surface area contributed by atoms with E-state index in [0.29, 0.717) is 6.54 Å². The Kier molecular flexibility index (Phi) is 6.85. The SMILES string of the molecule is CN=C(NCc1ccsc1)NCc1cn[nH]c1C.I. The Morgan fingerprint density at radius 1 is 1.42 bits per heavy atom. The molecule has 2 heterocycles. The number of nitrogens with one attached hydrogen (secondary N) is 3. The normalized spacial score (nSPS) is 10.9. The number of aromatic amines is 1. The van der Waals surface area contributed by atoms with Crippen molar-refractivity contribution in [2.24, 2.45) is 4.99 Å². The van der Waals surface area contributed by atoms with Crippen LogP contribution in [0, 0.1) is 6.92 Å². The maximum absolute atomic E-state index is 4.18. The van der Waals surface area contributed by atoms with Gasteiger partial charge in [-0.2, -0.15) is 16.4 Å². The number of aromatic nitrogens is 2. The summed E-state index contributed by atoms with van der Waals surface area (Å²) >= 11 is 1.70. The second-order valence-corrected chi connectivity index (χ2v) is 4.71. The summed E-state index contributed by atoms with van der Waals surface area (Å²) in [5.41, 5.74) is 3.49. The minimum atomic E-state index is 0. The third kappa shape index (κ3) is 4.83. The van der Waals surface area contributed by atoms with E-state index < -0.39 is 0 Å². The molecule has 2 aromatic heterocycles. The first-order valence-corrected chi connectivity index (χ1v) is 6.68. The van der Waals surface area contributed by atoms with E-state index in [2.05, 4.69) is 42.6 Å². The van der Waals surface area contributed by atoms with Gasteiger partial charge < -0.3 is 10.6 Å². The van der Waals surface area contributed by atoms with Crippen LogP contribution in [-0.2, 0) is 13.1 Å². The molecule has 19 heavy (non-hydrogen) atoms. The highest BCUT2D eigenvalue weighted by Crippen LogP contribution is 2.05. The van der Waals surface area contributed by atoms with Crippen LogP contribution >= 0.6 is 35.3 Å². The summed E-state index contributed by atoms with van der Waals surface area (Å²) in [6, 6.07) is 2.10. The van der Waals surface area contributed by atoms with Gasteiger partial charge in [-0.15, -0.1) is 24.0 Å². The molecule has 0 saturated carbocycles. The molecule has 0 spiro atoms. The molecule has 0 radical (unpaired) electrons. The smallest absolute Gasteiger partial charge is 0.191 e. The fraction of sp³-hybridized carbons (Fsp3) is 0.333. The van der Waals surface area contributed by atoms with E-state index in [-0.39, 0.29) is 24.0 Å². The van der Waals surface area contributed by atoms with Gasteiger partial charge in [0, 0.05) is 31.4 Å². The summed E-state index contributed by atoms with van der Waals surface area (Å²) in [6.45, 7) is 3.50. The molecule has 0 unspecified atom stereocenters. The van der Waals surface area contributed by atoms with Crippen LogP contribution in [0.25, 0.3) is 0 Å². The Hall–Kier alpha value is -1.09. The molecule has 7 heteroatoms. The molecule has 3 N–H and O–H groups in total. The predicted octanol–water partition coefficient (Wildman–Crippen LogP) is 2.26. The number of hydrogen-bond acceptors (Lipinski definition) is 3. The summed E-state index contributed by atoms with van der Waals surface area (Å²) in [5.74, 6) is 0.793. The standard InChI is InChI=1S/C12H17N5S.HI/c1-9-11(7-16-17-9)6-15-12(13-2)14-5-10-3-4-18-8-10;/h3-4,7-8H,5-6H2,1-2H3,(H,16,17)(H2,13,14,15);1H. The summed E-state index contributed by atoms with van der Waals surface area (Å²) in [4.78, 5) is 4.18. The molecule has 0 aliphatic rings. The monoisotopic (exact) mass is 391 g/mol. The van der Waals surface area contributed by atoms with Gasteiger partial charge in [0.2, 0.25) is 0 Å². The lowest BCUT2D eigenvalue weighted by Crippen LogP contribution is -2.36. The van der Waals surface area contributed by atoms with E-state index in [1.165, 1.54) is 5.56 Å². The predicted molar refractivity (Wildman–Crippen MR) is 90.1 cm³/mol. The van der Waals surface area contributed by atoms with Crippen LogP contribution < -0.4 is 10.6 Å². The fourth-order valence-corrected chi connectivity index (χ4v) is 2.20. The first-order chi connectivity index (χ1) is 8.79. The molecule has 104 valence electrons. The Balaban J connectivity index is 0.00000180. The first-order valence-electron chi connectivity index (χ1n) is 5.74. The van der Waals surface area contributed by atoms with Crippen molar-refractivity contribution < 1.29 is 0 Å². The van der Waals surface area contributed by atoms with E-state index in [0.717, 1.165) is 23.8 Å². The van der Waals surface area contributed by atoms with Crippen molar-refractivity contribution >= 4 is 41.3 Å². The third-order valence-corrected chi connectivity index (χ3v) is 3.38. The average molecular weight is 391 g/mol. The Morgan fingerprint density at radius 2 is 2.21 bits per heavy atom. The van der Waals surface area contributed by atoms with E-state index in [4.69, 9.17) is 0 Å². The van der Waals surface area contributed by atoms with Crippen molar-refractivity contribution in [3.05, 3.63) is 39.8 Å². The minimum Gasteiger partial charge on any atom is -0.352 e. The van der Waals surface area contributed by atoms with Crippen LogP contribution in [0.1, 0.15) is 16.8 Å². The lowest BCUT2D eigenvalue weighted by Gasteiger charge is -2.10. The third-order valence-electron chi connectivity index (χ3n) is 2.64. The van der Waals surface area contributed by atoms with E-state index in [9.17, 15) is 0 Å². The number of nitrogens with zero attached hydrogens (tertiary/aromatic N) is 2. The quantitative estimate of drug-likeness (QED) is 0.426. The van der Waals surface area contributed by atoms with Crippen LogP contribution in [0.15, 0.2) is 28.0 Å². The summed E-state index contributed by atoms with van der Waals surface area (Å²) in [5, 5.41) is 17.6. The summed E-state index contributed by atoms with van der Waals surface area (Å²) in [6.07, 6.45) is 1.83. The number of aliphatic imine (C=N–C) groups is 1. The van der Waals surface area contributed by atoms with Gasteiger partial charge in [0.1, 0.15) is 0 Å². The summed E-state index contributed by atoms with van der Waals surface area (Å²) < 4.78 is 0. The van der Waals surface area contributed by atoms with Crippen molar-refractivity contribution in [2.75, 3.05) is 7.05 Å². The Morgan fingerprint density at radius 3 is 2.79 bits per heavy atom. The minimum absolute atomic E-state index is 0. The molecule has 0 aromatic carbocycles. The van der Waals surface area contributed by atoms with Crippen molar-refractivity contribution in [2.45, 2.75) is 20.0 Å². The van der Waals surface area contributed by atoms with Crippen molar-refractivity contribution in [3.8, 4) is 0 Å².